The van der Waals surface area contributed by atoms with Crippen molar-refractivity contribution in [3.63, 3.8) is 0 Å². The van der Waals surface area contributed by atoms with Crippen LogP contribution in [0, 0.1) is 0 Å². The molecule has 0 fully saturated rings. The van der Waals surface area contributed by atoms with Crippen molar-refractivity contribution in [1.82, 2.24) is 5.32 Å². The second-order valence-electron chi connectivity index (χ2n) is 4.77. The molecule has 0 aliphatic rings. The number of sulfonamides is 1. The molecule has 13 heteroatoms. The highest BCUT2D eigenvalue weighted by molar-refractivity contribution is 7.89. The Kier molecular flexibility index (Phi) is 5.11. The Morgan fingerprint density at radius 3 is 2.00 bits per heavy atom. The summed E-state index contributed by atoms with van der Waals surface area (Å²) in [5.41, 5.74) is -4.87. The van der Waals surface area contributed by atoms with Crippen LogP contribution >= 0.6 is 0 Å². The molecule has 24 heavy (non-hydrogen) atoms. The number of anilines is 1. The van der Waals surface area contributed by atoms with Gasteiger partial charge in [0.2, 0.25) is 15.6 Å². The zero-order valence-corrected chi connectivity index (χ0v) is 12.6. The molecular formula is C11H11F6N3O3S. The van der Waals surface area contributed by atoms with E-state index in [0.717, 1.165) is 29.6 Å². The van der Waals surface area contributed by atoms with Crippen LogP contribution in [0.15, 0.2) is 29.2 Å². The van der Waals surface area contributed by atoms with E-state index >= 15 is 0 Å². The molecule has 6 nitrogen and oxygen atoms in total. The molecule has 136 valence electrons. The van der Waals surface area contributed by atoms with Gasteiger partial charge < -0.3 is 10.6 Å². The molecule has 0 unspecified atom stereocenters. The number of urea groups is 1. The van der Waals surface area contributed by atoms with E-state index < -0.39 is 38.8 Å². The Morgan fingerprint density at radius 1 is 1.08 bits per heavy atom. The number of amides is 2. The molecule has 0 saturated heterocycles. The van der Waals surface area contributed by atoms with Crippen LogP contribution in [0.5, 0.6) is 0 Å². The van der Waals surface area contributed by atoms with Gasteiger partial charge in [0.25, 0.3) is 0 Å². The predicted molar refractivity (Wildman–Crippen MR) is 70.5 cm³/mol. The summed E-state index contributed by atoms with van der Waals surface area (Å²) in [4.78, 5) is 11.0. The van der Waals surface area contributed by atoms with E-state index in [-0.39, 0.29) is 12.6 Å². The van der Waals surface area contributed by atoms with Crippen LogP contribution < -0.4 is 15.8 Å². The average molecular weight is 379 g/mol. The maximum absolute atomic E-state index is 12.7. The largest absolute Gasteiger partial charge is 0.420 e. The molecule has 1 rings (SSSR count). The third kappa shape index (κ3) is 4.29. The van der Waals surface area contributed by atoms with Crippen LogP contribution in [-0.4, -0.2) is 32.3 Å². The Labute approximate surface area is 132 Å². The summed E-state index contributed by atoms with van der Waals surface area (Å²) < 4.78 is 98.2. The van der Waals surface area contributed by atoms with Gasteiger partial charge in [-0.05, 0) is 25.1 Å². The number of primary sulfonamides is 1. The Bertz CT molecular complexity index is 715. The minimum atomic E-state index is -5.81. The van der Waals surface area contributed by atoms with Crippen molar-refractivity contribution < 1.29 is 39.6 Å². The first-order valence-electron chi connectivity index (χ1n) is 5.93. The quantitative estimate of drug-likeness (QED) is 0.703. The maximum atomic E-state index is 12.7. The highest BCUT2D eigenvalue weighted by Crippen LogP contribution is 2.42. The van der Waals surface area contributed by atoms with Gasteiger partial charge >= 0.3 is 18.4 Å². The van der Waals surface area contributed by atoms with E-state index in [1.165, 1.54) is 0 Å². The highest BCUT2D eigenvalue weighted by atomic mass is 32.2. The van der Waals surface area contributed by atoms with E-state index in [1.54, 1.807) is 5.32 Å². The van der Waals surface area contributed by atoms with Crippen LogP contribution in [-0.2, 0) is 10.0 Å². The van der Waals surface area contributed by atoms with Gasteiger partial charge in [-0.25, -0.2) is 18.4 Å². The van der Waals surface area contributed by atoms with Gasteiger partial charge in [0.05, 0.1) is 4.90 Å². The summed E-state index contributed by atoms with van der Waals surface area (Å²) >= 11 is 0. The molecule has 2 amide bonds. The third-order valence-corrected chi connectivity index (χ3v) is 3.83. The van der Waals surface area contributed by atoms with Gasteiger partial charge in [-0.1, -0.05) is 6.07 Å². The lowest BCUT2D eigenvalue weighted by Crippen LogP contribution is -2.66. The lowest BCUT2D eigenvalue weighted by atomic mass is 10.0. The van der Waals surface area contributed by atoms with Crippen LogP contribution in [0.2, 0.25) is 0 Å². The van der Waals surface area contributed by atoms with Crippen molar-refractivity contribution in [2.45, 2.75) is 29.7 Å². The second kappa shape index (κ2) is 6.12. The van der Waals surface area contributed by atoms with E-state index in [9.17, 15) is 39.6 Å². The third-order valence-electron chi connectivity index (χ3n) is 2.92. The molecule has 0 heterocycles. The molecule has 4 N–H and O–H groups in total. The second-order valence-corrected chi connectivity index (χ2v) is 6.33. The monoisotopic (exact) mass is 379 g/mol. The molecule has 0 atom stereocenters. The standard InChI is InChI=1S/C11H11F6N3O3S/c1-9(10(12,13)14,11(15,16)17)20-8(21)19-6-3-2-4-7(5-6)24(18,22)23/h2-5H,1H3,(H2,18,22,23)(H2,19,20,21). The molecule has 0 saturated carbocycles. The number of alkyl halides is 6. The lowest BCUT2D eigenvalue weighted by molar-refractivity contribution is -0.297. The Balaban J connectivity index is 3.04. The zero-order chi connectivity index (χ0) is 19.0. The van der Waals surface area contributed by atoms with Crippen molar-refractivity contribution in [2.75, 3.05) is 5.32 Å². The first kappa shape index (κ1) is 20.0. The van der Waals surface area contributed by atoms with E-state index in [2.05, 4.69) is 0 Å². The first-order chi connectivity index (χ1) is 10.6. The Morgan fingerprint density at radius 2 is 1.58 bits per heavy atom. The average Bonchev–Trinajstić information content (AvgIpc) is 2.35. The summed E-state index contributed by atoms with van der Waals surface area (Å²) in [5.74, 6) is 0. The number of hydrogen-bond acceptors (Lipinski definition) is 3. The number of halogens is 6. The lowest BCUT2D eigenvalue weighted by Gasteiger charge is -2.34. The van der Waals surface area contributed by atoms with Crippen LogP contribution in [0.1, 0.15) is 6.92 Å². The topological polar surface area (TPSA) is 101 Å². The normalized spacial score (nSPS) is 13.5. The number of benzene rings is 1. The van der Waals surface area contributed by atoms with E-state index in [1.807, 2.05) is 0 Å². The number of carbonyl (C=O) groups excluding carboxylic acids is 1. The van der Waals surface area contributed by atoms with Gasteiger partial charge in [-0.3, -0.25) is 0 Å². The summed E-state index contributed by atoms with van der Waals surface area (Å²) in [5, 5.41) is 7.30. The van der Waals surface area contributed by atoms with E-state index in [0.29, 0.717) is 0 Å². The SMILES string of the molecule is CC(NC(=O)Nc1cccc(S(N)(=O)=O)c1)(C(F)(F)F)C(F)(F)F. The highest BCUT2D eigenvalue weighted by Gasteiger charge is 2.68. The molecule has 0 spiro atoms. The van der Waals surface area contributed by atoms with Crippen molar-refractivity contribution >= 4 is 21.7 Å². The minimum absolute atomic E-state index is 0.243. The van der Waals surface area contributed by atoms with Gasteiger partial charge in [0.1, 0.15) is 0 Å². The molecule has 0 radical (unpaired) electrons. The fraction of sp³-hybridized carbons (Fsp3) is 0.364. The van der Waals surface area contributed by atoms with Gasteiger partial charge in [0.15, 0.2) is 0 Å². The smallest absolute Gasteiger partial charge is 0.316 e. The Hall–Kier alpha value is -2.02. The van der Waals surface area contributed by atoms with Crippen LogP contribution in [0.3, 0.4) is 0 Å². The molecular weight excluding hydrogens is 368 g/mol. The van der Waals surface area contributed by atoms with Crippen molar-refractivity contribution in [3.05, 3.63) is 24.3 Å². The minimum Gasteiger partial charge on any atom is -0.316 e. The maximum Gasteiger partial charge on any atom is 0.420 e. The molecule has 1 aromatic rings. The van der Waals surface area contributed by atoms with Gasteiger partial charge in [-0.15, -0.1) is 0 Å². The number of rotatable bonds is 3. The number of hydrogen-bond donors (Lipinski definition) is 3. The summed E-state index contributed by atoms with van der Waals surface area (Å²) in [6, 6.07) is 2.09. The summed E-state index contributed by atoms with van der Waals surface area (Å²) in [6.45, 7) is -0.243. The number of nitrogens with two attached hydrogens (primary N) is 1. The molecule has 0 aliphatic carbocycles. The van der Waals surface area contributed by atoms with Crippen LogP contribution in [0.25, 0.3) is 0 Å². The molecule has 1 aromatic carbocycles. The molecule has 0 bridgehead atoms. The van der Waals surface area contributed by atoms with Crippen molar-refractivity contribution in [1.29, 1.82) is 0 Å². The van der Waals surface area contributed by atoms with E-state index in [4.69, 9.17) is 5.14 Å². The number of carbonyl (C=O) groups is 1. The first-order valence-corrected chi connectivity index (χ1v) is 7.48. The fourth-order valence-corrected chi connectivity index (χ4v) is 2.00. The van der Waals surface area contributed by atoms with Crippen molar-refractivity contribution in [3.8, 4) is 0 Å². The summed E-state index contributed by atoms with van der Waals surface area (Å²) in [6.07, 6.45) is -11.6. The zero-order valence-electron chi connectivity index (χ0n) is 11.8. The van der Waals surface area contributed by atoms with Crippen molar-refractivity contribution in [2.24, 2.45) is 5.14 Å². The number of nitrogens with one attached hydrogen (secondary N) is 2. The predicted octanol–water partition coefficient (Wildman–Crippen LogP) is 2.34. The summed E-state index contributed by atoms with van der Waals surface area (Å²) in [7, 11) is -4.17. The fourth-order valence-electron chi connectivity index (χ4n) is 1.44. The van der Waals surface area contributed by atoms with Gasteiger partial charge in [0, 0.05) is 5.69 Å². The van der Waals surface area contributed by atoms with Crippen LogP contribution in [0.4, 0.5) is 36.8 Å². The van der Waals surface area contributed by atoms with Gasteiger partial charge in [-0.2, -0.15) is 26.3 Å². The molecule has 0 aromatic heterocycles. The molecule has 0 aliphatic heterocycles.